The average Bonchev–Trinajstić information content (AvgIpc) is 3.10. The summed E-state index contributed by atoms with van der Waals surface area (Å²) in [4.78, 5) is 23.1. The van der Waals surface area contributed by atoms with E-state index in [4.69, 9.17) is 14.2 Å². The van der Waals surface area contributed by atoms with E-state index in [0.717, 1.165) is 30.8 Å². The number of carbonyl (C=O) groups excluding carboxylic acids is 2. The Morgan fingerprint density at radius 2 is 2.13 bits per heavy atom. The van der Waals surface area contributed by atoms with Gasteiger partial charge in [-0.1, -0.05) is 12.1 Å². The third-order valence-electron chi connectivity index (χ3n) is 3.42. The van der Waals surface area contributed by atoms with Crippen molar-refractivity contribution in [3.05, 3.63) is 35.9 Å². The molecule has 1 aliphatic heterocycles. The Morgan fingerprint density at radius 1 is 1.35 bits per heavy atom. The minimum absolute atomic E-state index is 0.0737. The highest BCUT2D eigenvalue weighted by Gasteiger charge is 2.16. The van der Waals surface area contributed by atoms with Crippen molar-refractivity contribution in [2.75, 3.05) is 26.9 Å². The summed E-state index contributed by atoms with van der Waals surface area (Å²) < 4.78 is 15.3. The molecule has 0 saturated carbocycles. The first kappa shape index (κ1) is 17.0. The van der Waals surface area contributed by atoms with Crippen LogP contribution in [0.4, 0.5) is 0 Å². The molecule has 6 heteroatoms. The second-order valence-electron chi connectivity index (χ2n) is 5.15. The third-order valence-corrected chi connectivity index (χ3v) is 3.42. The van der Waals surface area contributed by atoms with Gasteiger partial charge in [0.2, 0.25) is 0 Å². The van der Waals surface area contributed by atoms with Gasteiger partial charge in [-0.2, -0.15) is 0 Å². The van der Waals surface area contributed by atoms with Gasteiger partial charge in [-0.15, -0.1) is 0 Å². The molecule has 1 atom stereocenters. The highest BCUT2D eigenvalue weighted by atomic mass is 16.5. The van der Waals surface area contributed by atoms with Crippen molar-refractivity contribution >= 4 is 18.0 Å². The molecule has 0 aromatic heterocycles. The summed E-state index contributed by atoms with van der Waals surface area (Å²) in [7, 11) is 1.59. The predicted molar refractivity (Wildman–Crippen MR) is 85.0 cm³/mol. The number of methoxy groups -OCH3 is 1. The number of benzene rings is 1. The Balaban J connectivity index is 1.66. The van der Waals surface area contributed by atoms with Crippen LogP contribution in [0.25, 0.3) is 6.08 Å². The van der Waals surface area contributed by atoms with Crippen LogP contribution in [-0.4, -0.2) is 44.8 Å². The molecular formula is C17H21NO5. The Hall–Kier alpha value is -2.34. The fraction of sp³-hybridized carbons (Fsp3) is 0.412. The van der Waals surface area contributed by atoms with E-state index in [1.165, 1.54) is 6.08 Å². The van der Waals surface area contributed by atoms with Gasteiger partial charge in [0.15, 0.2) is 6.61 Å². The summed E-state index contributed by atoms with van der Waals surface area (Å²) in [5.41, 5.74) is 0.839. The molecule has 23 heavy (non-hydrogen) atoms. The Morgan fingerprint density at radius 3 is 2.78 bits per heavy atom. The molecular weight excluding hydrogens is 298 g/mol. The fourth-order valence-electron chi connectivity index (χ4n) is 2.15. The third kappa shape index (κ3) is 6.12. The number of nitrogens with one attached hydrogen (secondary N) is 1. The predicted octanol–water partition coefficient (Wildman–Crippen LogP) is 1.55. The molecule has 1 saturated heterocycles. The van der Waals surface area contributed by atoms with Crippen LogP contribution in [0.1, 0.15) is 18.4 Å². The van der Waals surface area contributed by atoms with Gasteiger partial charge in [-0.3, -0.25) is 4.79 Å². The molecule has 2 rings (SSSR count). The minimum Gasteiger partial charge on any atom is -0.497 e. The summed E-state index contributed by atoms with van der Waals surface area (Å²) >= 11 is 0. The Bertz CT molecular complexity index is 547. The maximum atomic E-state index is 11.6. The first-order valence-electron chi connectivity index (χ1n) is 7.54. The lowest BCUT2D eigenvalue weighted by Crippen LogP contribution is -2.34. The molecule has 1 aromatic carbocycles. The van der Waals surface area contributed by atoms with Crippen LogP contribution in [0.2, 0.25) is 0 Å². The van der Waals surface area contributed by atoms with Gasteiger partial charge in [0.05, 0.1) is 13.2 Å². The van der Waals surface area contributed by atoms with Gasteiger partial charge in [0.25, 0.3) is 5.91 Å². The van der Waals surface area contributed by atoms with Gasteiger partial charge in [-0.05, 0) is 36.6 Å². The molecule has 1 N–H and O–H groups in total. The Labute approximate surface area is 135 Å². The number of amides is 1. The molecule has 1 heterocycles. The molecule has 1 unspecified atom stereocenters. The van der Waals surface area contributed by atoms with Crippen molar-refractivity contribution in [3.63, 3.8) is 0 Å². The average molecular weight is 319 g/mol. The molecule has 1 amide bonds. The van der Waals surface area contributed by atoms with E-state index in [2.05, 4.69) is 5.32 Å². The largest absolute Gasteiger partial charge is 0.497 e. The van der Waals surface area contributed by atoms with E-state index in [1.807, 2.05) is 12.1 Å². The highest BCUT2D eigenvalue weighted by Crippen LogP contribution is 2.12. The zero-order valence-corrected chi connectivity index (χ0v) is 13.1. The first-order chi connectivity index (χ1) is 11.2. The van der Waals surface area contributed by atoms with Crippen molar-refractivity contribution in [2.45, 2.75) is 18.9 Å². The topological polar surface area (TPSA) is 73.9 Å². The molecule has 0 bridgehead atoms. The fourth-order valence-corrected chi connectivity index (χ4v) is 2.15. The number of rotatable bonds is 7. The van der Waals surface area contributed by atoms with E-state index >= 15 is 0 Å². The molecule has 0 aliphatic carbocycles. The summed E-state index contributed by atoms with van der Waals surface area (Å²) in [5.74, 6) is -0.146. The normalized spacial score (nSPS) is 17.2. The first-order valence-corrected chi connectivity index (χ1v) is 7.54. The zero-order valence-electron chi connectivity index (χ0n) is 13.1. The van der Waals surface area contributed by atoms with Crippen LogP contribution in [0.5, 0.6) is 5.75 Å². The lowest BCUT2D eigenvalue weighted by molar-refractivity contribution is -0.143. The second kappa shape index (κ2) is 8.95. The van der Waals surface area contributed by atoms with Crippen molar-refractivity contribution in [1.82, 2.24) is 5.32 Å². The number of hydrogen-bond donors (Lipinski definition) is 1. The van der Waals surface area contributed by atoms with E-state index in [9.17, 15) is 9.59 Å². The van der Waals surface area contributed by atoms with Crippen molar-refractivity contribution < 1.29 is 23.8 Å². The molecule has 0 spiro atoms. The van der Waals surface area contributed by atoms with Crippen LogP contribution in [-0.2, 0) is 19.1 Å². The molecule has 1 aromatic rings. The lowest BCUT2D eigenvalue weighted by Gasteiger charge is -2.10. The summed E-state index contributed by atoms with van der Waals surface area (Å²) in [6, 6.07) is 7.22. The van der Waals surface area contributed by atoms with E-state index in [-0.39, 0.29) is 18.6 Å². The maximum Gasteiger partial charge on any atom is 0.331 e. The van der Waals surface area contributed by atoms with Gasteiger partial charge < -0.3 is 19.5 Å². The van der Waals surface area contributed by atoms with Crippen molar-refractivity contribution in [1.29, 1.82) is 0 Å². The van der Waals surface area contributed by atoms with E-state index < -0.39 is 5.97 Å². The van der Waals surface area contributed by atoms with Crippen LogP contribution in [0.3, 0.4) is 0 Å². The summed E-state index contributed by atoms with van der Waals surface area (Å²) in [5, 5.41) is 2.69. The standard InChI is InChI=1S/C17H21NO5/c1-21-14-7-4-13(5-8-14)6-9-17(20)23-12-16(19)18-11-15-3-2-10-22-15/h4-9,15H,2-3,10-12H2,1H3,(H,18,19). The molecule has 1 aliphatic rings. The highest BCUT2D eigenvalue weighted by molar-refractivity contribution is 5.89. The summed E-state index contributed by atoms with van der Waals surface area (Å²) in [6.45, 7) is 0.905. The quantitative estimate of drug-likeness (QED) is 0.610. The van der Waals surface area contributed by atoms with Crippen molar-refractivity contribution in [2.24, 2.45) is 0 Å². The maximum absolute atomic E-state index is 11.6. The van der Waals surface area contributed by atoms with Gasteiger partial charge in [0.1, 0.15) is 5.75 Å². The number of hydrogen-bond acceptors (Lipinski definition) is 5. The van der Waals surface area contributed by atoms with E-state index in [1.54, 1.807) is 25.3 Å². The van der Waals surface area contributed by atoms with Gasteiger partial charge in [0, 0.05) is 19.2 Å². The smallest absolute Gasteiger partial charge is 0.331 e. The number of ether oxygens (including phenoxy) is 3. The Kier molecular flexibility index (Phi) is 6.62. The van der Waals surface area contributed by atoms with Crippen LogP contribution in [0.15, 0.2) is 30.3 Å². The zero-order chi connectivity index (χ0) is 16.5. The number of esters is 1. The van der Waals surface area contributed by atoms with Crippen LogP contribution < -0.4 is 10.1 Å². The molecule has 124 valence electrons. The second-order valence-corrected chi connectivity index (χ2v) is 5.15. The van der Waals surface area contributed by atoms with Crippen LogP contribution >= 0.6 is 0 Å². The van der Waals surface area contributed by atoms with E-state index in [0.29, 0.717) is 6.54 Å². The molecule has 0 radical (unpaired) electrons. The number of carbonyl (C=O) groups is 2. The van der Waals surface area contributed by atoms with Gasteiger partial charge in [-0.25, -0.2) is 4.79 Å². The van der Waals surface area contributed by atoms with Crippen molar-refractivity contribution in [3.8, 4) is 5.75 Å². The SMILES string of the molecule is COc1ccc(C=CC(=O)OCC(=O)NCC2CCCO2)cc1. The minimum atomic E-state index is -0.562. The van der Waals surface area contributed by atoms with Gasteiger partial charge >= 0.3 is 5.97 Å². The molecule has 6 nitrogen and oxygen atoms in total. The lowest BCUT2D eigenvalue weighted by atomic mass is 10.2. The molecule has 1 fully saturated rings. The van der Waals surface area contributed by atoms with Crippen LogP contribution in [0, 0.1) is 0 Å². The summed E-state index contributed by atoms with van der Waals surface area (Å²) in [6.07, 6.45) is 4.95. The monoisotopic (exact) mass is 319 g/mol.